The van der Waals surface area contributed by atoms with Gasteiger partial charge in [-0.15, -0.1) is 11.3 Å². The maximum absolute atomic E-state index is 12.6. The van der Waals surface area contributed by atoms with E-state index in [9.17, 15) is 9.59 Å². The molecule has 1 N–H and O–H groups in total. The first-order chi connectivity index (χ1) is 9.82. The molecule has 0 aromatic carbocycles. The quantitative estimate of drug-likeness (QED) is 0.923. The van der Waals surface area contributed by atoms with E-state index in [2.05, 4.69) is 10.3 Å². The molecule has 1 aromatic rings. The minimum absolute atomic E-state index is 0.0607. The second-order valence-electron chi connectivity index (χ2n) is 7.90. The van der Waals surface area contributed by atoms with Gasteiger partial charge in [-0.05, 0) is 19.3 Å². The normalized spacial score (nSPS) is 13.8. The molecule has 0 bridgehead atoms. The summed E-state index contributed by atoms with van der Waals surface area (Å²) in [7, 11) is 0. The Labute approximate surface area is 137 Å². The molecule has 0 aliphatic heterocycles. The number of aromatic nitrogens is 1. The molecule has 0 spiro atoms. The molecule has 1 heterocycles. The molecular weight excluding hydrogens is 296 g/mol. The van der Waals surface area contributed by atoms with Gasteiger partial charge in [0.05, 0.1) is 23.2 Å². The summed E-state index contributed by atoms with van der Waals surface area (Å²) in [5.74, 6) is -0.0603. The van der Waals surface area contributed by atoms with Crippen LogP contribution >= 0.6 is 11.3 Å². The Balaban J connectivity index is 2.89. The summed E-state index contributed by atoms with van der Waals surface area (Å²) in [6.07, 6.45) is 0.279. The topological polar surface area (TPSA) is 59.1 Å². The first kappa shape index (κ1) is 18.8. The number of nitrogens with zero attached hydrogens (tertiary/aromatic N) is 1. The highest BCUT2D eigenvalue weighted by Gasteiger charge is 2.38. The van der Waals surface area contributed by atoms with Gasteiger partial charge < -0.3 is 5.32 Å². The minimum Gasteiger partial charge on any atom is -0.345 e. The molecule has 0 radical (unpaired) electrons. The zero-order valence-electron chi connectivity index (χ0n) is 15.0. The van der Waals surface area contributed by atoms with Crippen LogP contribution in [0.25, 0.3) is 0 Å². The molecule has 22 heavy (non-hydrogen) atoms. The molecule has 0 saturated heterocycles. The first-order valence-corrected chi connectivity index (χ1v) is 8.40. The van der Waals surface area contributed by atoms with Crippen LogP contribution in [0.2, 0.25) is 0 Å². The molecule has 124 valence electrons. The zero-order valence-corrected chi connectivity index (χ0v) is 15.8. The third kappa shape index (κ3) is 4.90. The van der Waals surface area contributed by atoms with Gasteiger partial charge in [-0.3, -0.25) is 9.59 Å². The molecule has 1 unspecified atom stereocenters. The predicted octanol–water partition coefficient (Wildman–Crippen LogP) is 3.45. The molecule has 4 nitrogen and oxygen atoms in total. The number of hydrogen-bond acceptors (Lipinski definition) is 4. The standard InChI is InChI=1S/C17H28N2O2S/c1-10-12(22-11(2)18-10)9-13(20)19-14(16(3,4)5)15(21)17(6,7)8/h14H,9H2,1-8H3,(H,19,20). The lowest BCUT2D eigenvalue weighted by Crippen LogP contribution is -2.53. The number of carbonyl (C=O) groups is 2. The van der Waals surface area contributed by atoms with E-state index in [1.165, 1.54) is 11.3 Å². The summed E-state index contributed by atoms with van der Waals surface area (Å²) in [6.45, 7) is 15.4. The van der Waals surface area contributed by atoms with Crippen molar-refractivity contribution in [3.8, 4) is 0 Å². The monoisotopic (exact) mass is 324 g/mol. The van der Waals surface area contributed by atoms with Crippen LogP contribution in [0, 0.1) is 24.7 Å². The van der Waals surface area contributed by atoms with Crippen molar-refractivity contribution < 1.29 is 9.59 Å². The zero-order chi connectivity index (χ0) is 17.3. The Hall–Kier alpha value is -1.23. The van der Waals surface area contributed by atoms with Gasteiger partial charge in [0.2, 0.25) is 5.91 Å². The fraction of sp³-hybridized carbons (Fsp3) is 0.706. The highest BCUT2D eigenvalue weighted by atomic mass is 32.1. The molecule has 5 heteroatoms. The van der Waals surface area contributed by atoms with E-state index in [0.717, 1.165) is 15.6 Å². The van der Waals surface area contributed by atoms with Crippen LogP contribution in [-0.4, -0.2) is 22.7 Å². The van der Waals surface area contributed by atoms with Gasteiger partial charge in [-0.25, -0.2) is 4.98 Å². The Morgan fingerprint density at radius 1 is 1.14 bits per heavy atom. The lowest BCUT2D eigenvalue weighted by atomic mass is 9.75. The number of Topliss-reactive ketones (excluding diaryl/α,β-unsaturated/α-hetero) is 1. The molecule has 1 atom stereocenters. The number of hydrogen-bond donors (Lipinski definition) is 1. The van der Waals surface area contributed by atoms with E-state index in [4.69, 9.17) is 0 Å². The average molecular weight is 324 g/mol. The van der Waals surface area contributed by atoms with Crippen LogP contribution in [-0.2, 0) is 16.0 Å². The van der Waals surface area contributed by atoms with Crippen molar-refractivity contribution in [3.05, 3.63) is 15.6 Å². The van der Waals surface area contributed by atoms with Crippen LogP contribution in [0.15, 0.2) is 0 Å². The van der Waals surface area contributed by atoms with Gasteiger partial charge in [0, 0.05) is 10.3 Å². The van der Waals surface area contributed by atoms with Crippen molar-refractivity contribution in [2.24, 2.45) is 10.8 Å². The average Bonchev–Trinajstić information content (AvgIpc) is 2.61. The van der Waals surface area contributed by atoms with Gasteiger partial charge in [0.15, 0.2) is 5.78 Å². The van der Waals surface area contributed by atoms with Gasteiger partial charge in [0.25, 0.3) is 0 Å². The second-order valence-corrected chi connectivity index (χ2v) is 9.19. The van der Waals surface area contributed by atoms with Crippen molar-refractivity contribution in [2.75, 3.05) is 0 Å². The lowest BCUT2D eigenvalue weighted by Gasteiger charge is -2.34. The summed E-state index contributed by atoms with van der Waals surface area (Å²) in [5, 5.41) is 3.90. The molecule has 0 aliphatic carbocycles. The molecule has 0 fully saturated rings. The van der Waals surface area contributed by atoms with Crippen molar-refractivity contribution in [1.29, 1.82) is 0 Å². The summed E-state index contributed by atoms with van der Waals surface area (Å²) in [4.78, 5) is 30.3. The molecule has 0 aliphatic rings. The highest BCUT2D eigenvalue weighted by molar-refractivity contribution is 7.11. The third-order valence-corrected chi connectivity index (χ3v) is 4.57. The van der Waals surface area contributed by atoms with Crippen LogP contribution in [0.3, 0.4) is 0 Å². The molecule has 1 rings (SSSR count). The van der Waals surface area contributed by atoms with Crippen molar-refractivity contribution in [3.63, 3.8) is 0 Å². The number of aryl methyl sites for hydroxylation is 2. The van der Waals surface area contributed by atoms with Gasteiger partial charge in [-0.2, -0.15) is 0 Å². The van der Waals surface area contributed by atoms with E-state index in [1.54, 1.807) is 0 Å². The number of ketones is 1. The number of carbonyl (C=O) groups excluding carboxylic acids is 2. The van der Waals surface area contributed by atoms with Crippen LogP contribution in [0.5, 0.6) is 0 Å². The Morgan fingerprint density at radius 3 is 2.05 bits per heavy atom. The van der Waals surface area contributed by atoms with E-state index >= 15 is 0 Å². The third-order valence-electron chi connectivity index (χ3n) is 3.49. The Morgan fingerprint density at radius 2 is 1.68 bits per heavy atom. The van der Waals surface area contributed by atoms with Crippen LogP contribution in [0.4, 0.5) is 0 Å². The summed E-state index contributed by atoms with van der Waals surface area (Å²) in [5.41, 5.74) is 0.0908. The van der Waals surface area contributed by atoms with E-state index in [1.807, 2.05) is 55.4 Å². The van der Waals surface area contributed by atoms with Gasteiger partial charge in [-0.1, -0.05) is 41.5 Å². The Kier molecular flexibility index (Phi) is 5.55. The molecule has 1 amide bonds. The van der Waals surface area contributed by atoms with Crippen molar-refractivity contribution >= 4 is 23.0 Å². The van der Waals surface area contributed by atoms with Crippen LogP contribution < -0.4 is 5.32 Å². The summed E-state index contributed by atoms with van der Waals surface area (Å²) < 4.78 is 0. The second kappa shape index (κ2) is 6.49. The van der Waals surface area contributed by atoms with Gasteiger partial charge >= 0.3 is 0 Å². The summed E-state index contributed by atoms with van der Waals surface area (Å²) in [6, 6.07) is -0.491. The molecular formula is C17H28N2O2S. The Bertz CT molecular complexity index is 562. The largest absolute Gasteiger partial charge is 0.345 e. The maximum Gasteiger partial charge on any atom is 0.225 e. The van der Waals surface area contributed by atoms with E-state index < -0.39 is 11.5 Å². The molecule has 0 saturated carbocycles. The maximum atomic E-state index is 12.6. The lowest BCUT2D eigenvalue weighted by molar-refractivity contribution is -0.135. The van der Waals surface area contributed by atoms with Gasteiger partial charge in [0.1, 0.15) is 0 Å². The number of thiazole rings is 1. The van der Waals surface area contributed by atoms with E-state index in [-0.39, 0.29) is 23.5 Å². The molecule has 1 aromatic heterocycles. The van der Waals surface area contributed by atoms with Crippen LogP contribution in [0.1, 0.15) is 57.1 Å². The SMILES string of the molecule is Cc1nc(C)c(CC(=O)NC(C(=O)C(C)(C)C)C(C)(C)C)s1. The predicted molar refractivity (Wildman–Crippen MR) is 91.1 cm³/mol. The smallest absolute Gasteiger partial charge is 0.225 e. The van der Waals surface area contributed by atoms with Crippen molar-refractivity contribution in [1.82, 2.24) is 10.3 Å². The fourth-order valence-corrected chi connectivity index (χ4v) is 3.14. The summed E-state index contributed by atoms with van der Waals surface area (Å²) >= 11 is 1.53. The number of rotatable bonds is 4. The number of nitrogens with one attached hydrogen (secondary N) is 1. The van der Waals surface area contributed by atoms with E-state index in [0.29, 0.717) is 0 Å². The number of amides is 1. The minimum atomic E-state index is -0.491. The first-order valence-electron chi connectivity index (χ1n) is 7.59. The fourth-order valence-electron chi connectivity index (χ4n) is 2.20. The highest BCUT2D eigenvalue weighted by Crippen LogP contribution is 2.28. The van der Waals surface area contributed by atoms with Crippen molar-refractivity contribution in [2.45, 2.75) is 67.9 Å².